The lowest BCUT2D eigenvalue weighted by atomic mass is 10.2. The highest BCUT2D eigenvalue weighted by molar-refractivity contribution is 6.33. The van der Waals surface area contributed by atoms with Crippen LogP contribution < -0.4 is 10.1 Å². The van der Waals surface area contributed by atoms with Gasteiger partial charge in [0.15, 0.2) is 0 Å². The van der Waals surface area contributed by atoms with E-state index in [1.807, 2.05) is 12.1 Å². The van der Waals surface area contributed by atoms with E-state index in [2.05, 4.69) is 10.3 Å². The summed E-state index contributed by atoms with van der Waals surface area (Å²) in [6, 6.07) is 17.5. The van der Waals surface area contributed by atoms with E-state index >= 15 is 0 Å². The number of hydrogen-bond acceptors (Lipinski definition) is 4. The zero-order valence-corrected chi connectivity index (χ0v) is 16.6. The molecule has 0 saturated heterocycles. The molecule has 1 N–H and O–H groups in total. The Kier molecular flexibility index (Phi) is 6.81. The van der Waals surface area contributed by atoms with Crippen LogP contribution in [-0.4, -0.2) is 35.3 Å². The number of aromatic nitrogens is 1. The van der Waals surface area contributed by atoms with Crippen LogP contribution >= 0.6 is 11.6 Å². The molecule has 0 aliphatic carbocycles. The molecule has 148 valence electrons. The fraction of sp³-hybridized carbons (Fsp3) is 0.136. The Labute approximate surface area is 174 Å². The summed E-state index contributed by atoms with van der Waals surface area (Å²) < 4.78 is 5.69. The summed E-state index contributed by atoms with van der Waals surface area (Å²) in [5.74, 6) is 0.0491. The second kappa shape index (κ2) is 9.71. The van der Waals surface area contributed by atoms with Gasteiger partial charge in [-0.1, -0.05) is 29.8 Å². The van der Waals surface area contributed by atoms with Crippen molar-refractivity contribution in [3.8, 4) is 5.75 Å². The van der Waals surface area contributed by atoms with E-state index in [0.717, 1.165) is 5.56 Å². The summed E-state index contributed by atoms with van der Waals surface area (Å²) in [4.78, 5) is 30.1. The number of nitrogens with zero attached hydrogens (tertiary/aromatic N) is 2. The van der Waals surface area contributed by atoms with Crippen molar-refractivity contribution in [3.05, 3.63) is 89.2 Å². The van der Waals surface area contributed by atoms with E-state index in [0.29, 0.717) is 28.6 Å². The first kappa shape index (κ1) is 20.4. The van der Waals surface area contributed by atoms with Gasteiger partial charge in [0.2, 0.25) is 5.91 Å². The average Bonchev–Trinajstić information content (AvgIpc) is 2.74. The van der Waals surface area contributed by atoms with Crippen molar-refractivity contribution in [1.82, 2.24) is 9.88 Å². The molecule has 0 saturated carbocycles. The molecular weight excluding hydrogens is 390 g/mol. The van der Waals surface area contributed by atoms with Crippen molar-refractivity contribution in [2.45, 2.75) is 6.61 Å². The number of pyridine rings is 1. The van der Waals surface area contributed by atoms with E-state index in [9.17, 15) is 9.59 Å². The summed E-state index contributed by atoms with van der Waals surface area (Å²) in [7, 11) is 1.57. The molecule has 29 heavy (non-hydrogen) atoms. The molecule has 0 bridgehead atoms. The van der Waals surface area contributed by atoms with Gasteiger partial charge in [0.25, 0.3) is 5.91 Å². The Bertz CT molecular complexity index is 978. The summed E-state index contributed by atoms with van der Waals surface area (Å²) in [6.07, 6.45) is 3.44. The Morgan fingerprint density at radius 2 is 1.83 bits per heavy atom. The van der Waals surface area contributed by atoms with Crippen molar-refractivity contribution < 1.29 is 14.3 Å². The Balaban J connectivity index is 1.53. The largest absolute Gasteiger partial charge is 0.489 e. The number of halogens is 1. The van der Waals surface area contributed by atoms with Crippen molar-refractivity contribution in [1.29, 1.82) is 0 Å². The van der Waals surface area contributed by atoms with Gasteiger partial charge in [0.05, 0.1) is 17.3 Å². The number of rotatable bonds is 7. The third-order valence-corrected chi connectivity index (χ3v) is 4.43. The summed E-state index contributed by atoms with van der Waals surface area (Å²) in [5, 5.41) is 3.14. The van der Waals surface area contributed by atoms with Crippen molar-refractivity contribution >= 4 is 29.1 Å². The van der Waals surface area contributed by atoms with Gasteiger partial charge in [-0.25, -0.2) is 0 Å². The SMILES string of the molecule is CN(CC(=O)Nc1ccccc1Cl)C(=O)c1ccc(OCc2cccnc2)cc1. The minimum Gasteiger partial charge on any atom is -0.489 e. The molecule has 2 aromatic carbocycles. The van der Waals surface area contributed by atoms with Gasteiger partial charge in [-0.15, -0.1) is 0 Å². The maximum atomic E-state index is 12.6. The average molecular weight is 410 g/mol. The number of likely N-dealkylation sites (N-methyl/N-ethyl adjacent to an activating group) is 1. The number of ether oxygens (including phenoxy) is 1. The first-order valence-corrected chi connectivity index (χ1v) is 9.32. The lowest BCUT2D eigenvalue weighted by Crippen LogP contribution is -2.34. The standard InChI is InChI=1S/C22H20ClN3O3/c1-26(14-21(27)25-20-7-3-2-6-19(20)23)22(28)17-8-10-18(11-9-17)29-15-16-5-4-12-24-13-16/h2-13H,14-15H2,1H3,(H,25,27). The quantitative estimate of drug-likeness (QED) is 0.639. The zero-order valence-electron chi connectivity index (χ0n) is 15.8. The number of nitrogens with one attached hydrogen (secondary N) is 1. The normalized spacial score (nSPS) is 10.3. The Morgan fingerprint density at radius 3 is 2.52 bits per heavy atom. The molecular formula is C22H20ClN3O3. The van der Waals surface area contributed by atoms with Crippen molar-refractivity contribution in [3.63, 3.8) is 0 Å². The molecule has 1 aromatic heterocycles. The van der Waals surface area contributed by atoms with Crippen LogP contribution in [0.15, 0.2) is 73.1 Å². The number of anilines is 1. The number of carbonyl (C=O) groups is 2. The number of amides is 2. The molecule has 0 atom stereocenters. The van der Waals surface area contributed by atoms with Crippen molar-refractivity contribution in [2.24, 2.45) is 0 Å². The van der Waals surface area contributed by atoms with E-state index in [1.165, 1.54) is 4.90 Å². The monoisotopic (exact) mass is 409 g/mol. The smallest absolute Gasteiger partial charge is 0.254 e. The van der Waals surface area contributed by atoms with Gasteiger partial charge >= 0.3 is 0 Å². The van der Waals surface area contributed by atoms with E-state index in [1.54, 1.807) is 68.0 Å². The van der Waals surface area contributed by atoms with Crippen LogP contribution in [0.25, 0.3) is 0 Å². The molecule has 3 aromatic rings. The fourth-order valence-corrected chi connectivity index (χ4v) is 2.79. The van der Waals surface area contributed by atoms with Crippen LogP contribution in [0, 0.1) is 0 Å². The molecule has 0 fully saturated rings. The highest BCUT2D eigenvalue weighted by Crippen LogP contribution is 2.20. The molecule has 0 aliphatic rings. The number of carbonyl (C=O) groups excluding carboxylic acids is 2. The highest BCUT2D eigenvalue weighted by atomic mass is 35.5. The zero-order chi connectivity index (χ0) is 20.6. The minimum absolute atomic E-state index is 0.0939. The van der Waals surface area contributed by atoms with Gasteiger partial charge in [0.1, 0.15) is 12.4 Å². The van der Waals surface area contributed by atoms with Gasteiger partial charge in [0, 0.05) is 30.6 Å². The van der Waals surface area contributed by atoms with Crippen LogP contribution in [-0.2, 0) is 11.4 Å². The van der Waals surface area contributed by atoms with E-state index in [-0.39, 0.29) is 18.4 Å². The molecule has 0 radical (unpaired) electrons. The fourth-order valence-electron chi connectivity index (χ4n) is 2.60. The van der Waals surface area contributed by atoms with Gasteiger partial charge in [-0.3, -0.25) is 14.6 Å². The molecule has 0 unspecified atom stereocenters. The van der Waals surface area contributed by atoms with E-state index < -0.39 is 0 Å². The first-order valence-electron chi connectivity index (χ1n) is 8.94. The van der Waals surface area contributed by atoms with Crippen LogP contribution in [0.5, 0.6) is 5.75 Å². The molecule has 7 heteroatoms. The Morgan fingerprint density at radius 1 is 1.07 bits per heavy atom. The molecule has 3 rings (SSSR count). The second-order valence-electron chi connectivity index (χ2n) is 6.36. The second-order valence-corrected chi connectivity index (χ2v) is 6.77. The van der Waals surface area contributed by atoms with Crippen LogP contribution in [0.3, 0.4) is 0 Å². The maximum Gasteiger partial charge on any atom is 0.254 e. The first-order chi connectivity index (χ1) is 14.0. The summed E-state index contributed by atoms with van der Waals surface area (Å²) in [6.45, 7) is 0.298. The number of hydrogen-bond donors (Lipinski definition) is 1. The van der Waals surface area contributed by atoms with Crippen LogP contribution in [0.1, 0.15) is 15.9 Å². The van der Waals surface area contributed by atoms with E-state index in [4.69, 9.17) is 16.3 Å². The van der Waals surface area contributed by atoms with Crippen LogP contribution in [0.4, 0.5) is 5.69 Å². The highest BCUT2D eigenvalue weighted by Gasteiger charge is 2.15. The molecule has 0 spiro atoms. The van der Waals surface area contributed by atoms with Crippen molar-refractivity contribution in [2.75, 3.05) is 18.9 Å². The summed E-state index contributed by atoms with van der Waals surface area (Å²) >= 11 is 6.03. The molecule has 6 nitrogen and oxygen atoms in total. The minimum atomic E-state index is -0.328. The number of para-hydroxylation sites is 1. The predicted molar refractivity (Wildman–Crippen MR) is 112 cm³/mol. The third kappa shape index (κ3) is 5.80. The molecule has 0 aliphatic heterocycles. The Hall–Kier alpha value is -3.38. The third-order valence-electron chi connectivity index (χ3n) is 4.10. The molecule has 2 amide bonds. The van der Waals surface area contributed by atoms with Gasteiger partial charge in [-0.2, -0.15) is 0 Å². The van der Waals surface area contributed by atoms with Gasteiger partial charge < -0.3 is 15.0 Å². The van der Waals surface area contributed by atoms with Gasteiger partial charge in [-0.05, 0) is 42.5 Å². The lowest BCUT2D eigenvalue weighted by molar-refractivity contribution is -0.116. The van der Waals surface area contributed by atoms with Crippen LogP contribution in [0.2, 0.25) is 5.02 Å². The maximum absolute atomic E-state index is 12.6. The predicted octanol–water partition coefficient (Wildman–Crippen LogP) is 4.02. The lowest BCUT2D eigenvalue weighted by Gasteiger charge is -2.17. The number of benzene rings is 2. The summed E-state index contributed by atoms with van der Waals surface area (Å²) in [5.41, 5.74) is 1.93. The molecule has 1 heterocycles. The topological polar surface area (TPSA) is 71.5 Å².